The number of Topliss-reactive ketones (excluding diaryl/α,β-unsaturated/α-hetero) is 1. The zero-order valence-electron chi connectivity index (χ0n) is 8.42. The second-order valence-corrected chi connectivity index (χ2v) is 3.43. The summed E-state index contributed by atoms with van der Waals surface area (Å²) in [5, 5.41) is 0. The van der Waals surface area contributed by atoms with Gasteiger partial charge in [-0.3, -0.25) is 4.79 Å². The summed E-state index contributed by atoms with van der Waals surface area (Å²) in [6, 6.07) is 5.90. The fourth-order valence-electron chi connectivity index (χ4n) is 1.78. The lowest BCUT2D eigenvalue weighted by molar-refractivity contribution is -0.113. The Kier molecular flexibility index (Phi) is 2.54. The van der Waals surface area contributed by atoms with Crippen LogP contribution in [-0.2, 0) is 9.53 Å². The molecule has 0 atom stereocenters. The van der Waals surface area contributed by atoms with E-state index in [1.807, 2.05) is 0 Å². The minimum atomic E-state index is -0.302. The van der Waals surface area contributed by atoms with Crippen molar-refractivity contribution < 1.29 is 13.9 Å². The van der Waals surface area contributed by atoms with Crippen molar-refractivity contribution in [3.8, 4) is 0 Å². The first kappa shape index (κ1) is 9.90. The Morgan fingerprint density at radius 1 is 1.20 bits per heavy atom. The summed E-state index contributed by atoms with van der Waals surface area (Å²) in [5.41, 5.74) is 1.33. The van der Waals surface area contributed by atoms with E-state index in [9.17, 15) is 9.18 Å². The van der Waals surface area contributed by atoms with E-state index in [-0.39, 0.29) is 11.6 Å². The van der Waals surface area contributed by atoms with E-state index in [0.717, 1.165) is 5.56 Å². The van der Waals surface area contributed by atoms with Gasteiger partial charge in [0.25, 0.3) is 0 Å². The second-order valence-electron chi connectivity index (χ2n) is 3.43. The highest BCUT2D eigenvalue weighted by Crippen LogP contribution is 2.31. The highest BCUT2D eigenvalue weighted by Gasteiger charge is 2.24. The Bertz CT molecular complexity index is 418. The summed E-state index contributed by atoms with van der Waals surface area (Å²) >= 11 is 0. The Balaban J connectivity index is 2.44. The van der Waals surface area contributed by atoms with Crippen LogP contribution in [0.25, 0.3) is 5.57 Å². The summed E-state index contributed by atoms with van der Waals surface area (Å²) < 4.78 is 17.9. The molecule has 0 amide bonds. The molecule has 0 unspecified atom stereocenters. The predicted molar refractivity (Wildman–Crippen MR) is 54.6 cm³/mol. The number of carbonyl (C=O) groups is 1. The van der Waals surface area contributed by atoms with E-state index in [2.05, 4.69) is 0 Å². The maximum Gasteiger partial charge on any atom is 0.167 e. The smallest absolute Gasteiger partial charge is 0.167 e. The number of methoxy groups -OCH3 is 1. The number of rotatable bonds is 2. The van der Waals surface area contributed by atoms with Gasteiger partial charge >= 0.3 is 0 Å². The Hall–Kier alpha value is -1.64. The first-order valence-corrected chi connectivity index (χ1v) is 4.78. The summed E-state index contributed by atoms with van der Waals surface area (Å²) in [5.74, 6) is 0.467. The first-order valence-electron chi connectivity index (χ1n) is 4.78. The maximum absolute atomic E-state index is 12.7. The van der Waals surface area contributed by atoms with Gasteiger partial charge in [0.2, 0.25) is 0 Å². The fourth-order valence-corrected chi connectivity index (χ4v) is 1.78. The van der Waals surface area contributed by atoms with E-state index in [4.69, 9.17) is 4.74 Å². The van der Waals surface area contributed by atoms with Crippen LogP contribution in [0.3, 0.4) is 0 Å². The zero-order chi connectivity index (χ0) is 10.8. The van der Waals surface area contributed by atoms with E-state index in [0.29, 0.717) is 24.2 Å². The number of halogens is 1. The van der Waals surface area contributed by atoms with Crippen molar-refractivity contribution in [1.82, 2.24) is 0 Å². The predicted octanol–water partition coefficient (Wildman–Crippen LogP) is 2.55. The molecule has 0 fully saturated rings. The van der Waals surface area contributed by atoms with Gasteiger partial charge < -0.3 is 4.74 Å². The molecule has 0 bridgehead atoms. The van der Waals surface area contributed by atoms with Crippen LogP contribution in [0, 0.1) is 5.82 Å². The minimum absolute atomic E-state index is 0.0680. The molecule has 0 saturated heterocycles. The molecule has 2 nitrogen and oxygen atoms in total. The molecule has 1 aromatic rings. The van der Waals surface area contributed by atoms with Crippen LogP contribution in [-0.4, -0.2) is 12.9 Å². The van der Waals surface area contributed by atoms with Gasteiger partial charge in [-0.05, 0) is 17.7 Å². The molecular weight excluding hydrogens is 195 g/mol. The molecule has 1 aromatic carbocycles. The van der Waals surface area contributed by atoms with Crippen LogP contribution >= 0.6 is 0 Å². The molecule has 0 radical (unpaired) electrons. The van der Waals surface area contributed by atoms with Crippen molar-refractivity contribution >= 4 is 11.4 Å². The van der Waals surface area contributed by atoms with Crippen molar-refractivity contribution in [3.05, 3.63) is 41.4 Å². The van der Waals surface area contributed by atoms with Gasteiger partial charge in [-0.1, -0.05) is 12.1 Å². The molecule has 0 aliphatic heterocycles. The molecule has 1 aliphatic carbocycles. The number of hydrogen-bond donors (Lipinski definition) is 0. The highest BCUT2D eigenvalue weighted by molar-refractivity contribution is 6.23. The second kappa shape index (κ2) is 3.85. The fraction of sp³-hybridized carbons (Fsp3) is 0.250. The molecule has 2 rings (SSSR count). The lowest BCUT2D eigenvalue weighted by Gasteiger charge is -2.04. The number of allylic oxidation sites excluding steroid dienone is 2. The quantitative estimate of drug-likeness (QED) is 0.743. The van der Waals surface area contributed by atoms with Crippen LogP contribution in [0.4, 0.5) is 4.39 Å². The van der Waals surface area contributed by atoms with Crippen molar-refractivity contribution in [2.24, 2.45) is 0 Å². The van der Waals surface area contributed by atoms with Gasteiger partial charge in [0.1, 0.15) is 11.6 Å². The third-order valence-corrected chi connectivity index (χ3v) is 2.52. The molecule has 15 heavy (non-hydrogen) atoms. The topological polar surface area (TPSA) is 26.3 Å². The average Bonchev–Trinajstić information content (AvgIpc) is 2.61. The van der Waals surface area contributed by atoms with E-state index in [1.54, 1.807) is 19.2 Å². The molecule has 1 aliphatic rings. The van der Waals surface area contributed by atoms with Crippen molar-refractivity contribution in [2.45, 2.75) is 12.8 Å². The molecule has 0 N–H and O–H groups in total. The summed E-state index contributed by atoms with van der Waals surface area (Å²) in [4.78, 5) is 11.6. The Morgan fingerprint density at radius 2 is 1.87 bits per heavy atom. The minimum Gasteiger partial charge on any atom is -0.500 e. The van der Waals surface area contributed by atoms with Crippen LogP contribution < -0.4 is 0 Å². The number of ketones is 1. The molecule has 0 spiro atoms. The molecular formula is C12H11FO2. The SMILES string of the molecule is COC1=C(c2ccc(F)cc2)C(=O)CC1. The van der Waals surface area contributed by atoms with Crippen LogP contribution in [0.2, 0.25) is 0 Å². The molecule has 0 heterocycles. The number of ether oxygens (including phenoxy) is 1. The van der Waals surface area contributed by atoms with Crippen molar-refractivity contribution in [1.29, 1.82) is 0 Å². The molecule has 3 heteroatoms. The number of benzene rings is 1. The number of carbonyl (C=O) groups excluding carboxylic acids is 1. The Labute approximate surface area is 87.4 Å². The van der Waals surface area contributed by atoms with Gasteiger partial charge in [-0.15, -0.1) is 0 Å². The normalized spacial score (nSPS) is 16.0. The monoisotopic (exact) mass is 206 g/mol. The maximum atomic E-state index is 12.7. The third kappa shape index (κ3) is 1.77. The van der Waals surface area contributed by atoms with Crippen molar-refractivity contribution in [2.75, 3.05) is 7.11 Å². The zero-order valence-corrected chi connectivity index (χ0v) is 8.42. The summed E-state index contributed by atoms with van der Waals surface area (Å²) in [7, 11) is 1.55. The van der Waals surface area contributed by atoms with E-state index in [1.165, 1.54) is 12.1 Å². The Morgan fingerprint density at radius 3 is 2.47 bits per heavy atom. The number of hydrogen-bond acceptors (Lipinski definition) is 2. The van der Waals surface area contributed by atoms with Gasteiger partial charge in [0, 0.05) is 12.8 Å². The van der Waals surface area contributed by atoms with Crippen molar-refractivity contribution in [3.63, 3.8) is 0 Å². The van der Waals surface area contributed by atoms with Gasteiger partial charge in [0.15, 0.2) is 5.78 Å². The van der Waals surface area contributed by atoms with Crippen LogP contribution in [0.5, 0.6) is 0 Å². The van der Waals surface area contributed by atoms with E-state index >= 15 is 0 Å². The highest BCUT2D eigenvalue weighted by atomic mass is 19.1. The average molecular weight is 206 g/mol. The lowest BCUT2D eigenvalue weighted by atomic mass is 10.0. The molecule has 0 saturated carbocycles. The first-order chi connectivity index (χ1) is 7.22. The molecule has 0 aromatic heterocycles. The van der Waals surface area contributed by atoms with Crippen LogP contribution in [0.15, 0.2) is 30.0 Å². The van der Waals surface area contributed by atoms with Gasteiger partial charge in [0.05, 0.1) is 12.7 Å². The van der Waals surface area contributed by atoms with Gasteiger partial charge in [-0.25, -0.2) is 4.39 Å². The van der Waals surface area contributed by atoms with Crippen LogP contribution in [0.1, 0.15) is 18.4 Å². The largest absolute Gasteiger partial charge is 0.500 e. The third-order valence-electron chi connectivity index (χ3n) is 2.52. The summed E-state index contributed by atoms with van der Waals surface area (Å²) in [6.45, 7) is 0. The lowest BCUT2D eigenvalue weighted by Crippen LogP contribution is -1.96. The molecule has 78 valence electrons. The van der Waals surface area contributed by atoms with E-state index < -0.39 is 0 Å². The summed E-state index contributed by atoms with van der Waals surface area (Å²) in [6.07, 6.45) is 1.12. The van der Waals surface area contributed by atoms with Gasteiger partial charge in [-0.2, -0.15) is 0 Å². The standard InChI is InChI=1S/C12H11FO2/c1-15-11-7-6-10(14)12(11)8-2-4-9(13)5-3-8/h2-5H,6-7H2,1H3.